The van der Waals surface area contributed by atoms with E-state index in [1.165, 1.54) is 26.0 Å². The van der Waals surface area contributed by atoms with Crippen molar-refractivity contribution in [2.75, 3.05) is 11.1 Å². The predicted molar refractivity (Wildman–Crippen MR) is 89.8 cm³/mol. The lowest BCUT2D eigenvalue weighted by molar-refractivity contribution is -0.222. The van der Waals surface area contributed by atoms with Crippen molar-refractivity contribution in [3.05, 3.63) is 34.4 Å². The number of carbonyl (C=O) groups excluding carboxylic acids is 2. The van der Waals surface area contributed by atoms with Crippen molar-refractivity contribution in [2.45, 2.75) is 31.5 Å². The van der Waals surface area contributed by atoms with E-state index in [0.717, 1.165) is 6.20 Å². The first-order valence-corrected chi connectivity index (χ1v) is 9.46. The summed E-state index contributed by atoms with van der Waals surface area (Å²) in [6.45, 7) is 4.44. The zero-order valence-electron chi connectivity index (χ0n) is 13.3. The van der Waals surface area contributed by atoms with Crippen LogP contribution in [0.2, 0.25) is 0 Å². The number of benzene rings is 1. The van der Waals surface area contributed by atoms with Crippen LogP contribution in [0.4, 0.5) is 5.69 Å². The van der Waals surface area contributed by atoms with E-state index in [4.69, 9.17) is 9.47 Å². The maximum atomic E-state index is 11.9. The molecular weight excluding hydrogens is 402 g/mol. The Kier molecular flexibility index (Phi) is 5.05. The SMILES string of the molecule is CCS(=O)(=O)c1ccc(Br)c(NC=C2C(=O)OC(C)(C)OC2=O)c1. The number of sulfone groups is 1. The van der Waals surface area contributed by atoms with Crippen molar-refractivity contribution in [3.63, 3.8) is 0 Å². The van der Waals surface area contributed by atoms with E-state index >= 15 is 0 Å². The van der Waals surface area contributed by atoms with Gasteiger partial charge >= 0.3 is 11.9 Å². The van der Waals surface area contributed by atoms with Gasteiger partial charge in [-0.2, -0.15) is 0 Å². The zero-order valence-corrected chi connectivity index (χ0v) is 15.7. The monoisotopic (exact) mass is 417 g/mol. The second-order valence-corrected chi connectivity index (χ2v) is 8.56. The number of hydrogen-bond donors (Lipinski definition) is 1. The van der Waals surface area contributed by atoms with Gasteiger partial charge in [0.05, 0.1) is 16.3 Å². The quantitative estimate of drug-likeness (QED) is 0.455. The molecule has 1 N–H and O–H groups in total. The lowest BCUT2D eigenvalue weighted by atomic mass is 10.2. The van der Waals surface area contributed by atoms with Gasteiger partial charge in [0.1, 0.15) is 0 Å². The van der Waals surface area contributed by atoms with Crippen LogP contribution < -0.4 is 5.32 Å². The number of carbonyl (C=O) groups is 2. The predicted octanol–water partition coefficient (Wildman–Crippen LogP) is 2.37. The Bertz CT molecular complexity index is 806. The van der Waals surface area contributed by atoms with Crippen LogP contribution in [0.5, 0.6) is 0 Å². The summed E-state index contributed by atoms with van der Waals surface area (Å²) in [5.74, 6) is -3.00. The van der Waals surface area contributed by atoms with Gasteiger partial charge in [-0.1, -0.05) is 6.92 Å². The molecule has 7 nitrogen and oxygen atoms in total. The van der Waals surface area contributed by atoms with Crippen molar-refractivity contribution < 1.29 is 27.5 Å². The number of ether oxygens (including phenoxy) is 2. The van der Waals surface area contributed by atoms with Crippen molar-refractivity contribution in [3.8, 4) is 0 Å². The van der Waals surface area contributed by atoms with Crippen LogP contribution in [-0.2, 0) is 28.9 Å². The molecule has 9 heteroatoms. The summed E-state index contributed by atoms with van der Waals surface area (Å²) in [4.78, 5) is 23.8. The topological polar surface area (TPSA) is 98.8 Å². The molecule has 1 aliphatic heterocycles. The molecule has 0 amide bonds. The molecule has 0 bridgehead atoms. The normalized spacial score (nSPS) is 17.1. The summed E-state index contributed by atoms with van der Waals surface area (Å²) in [5.41, 5.74) is 0.0624. The number of hydrogen-bond acceptors (Lipinski definition) is 7. The van der Waals surface area contributed by atoms with E-state index < -0.39 is 27.6 Å². The summed E-state index contributed by atoms with van der Waals surface area (Å²) >= 11 is 3.27. The summed E-state index contributed by atoms with van der Waals surface area (Å²) in [5, 5.41) is 2.73. The fourth-order valence-electron chi connectivity index (χ4n) is 1.90. The van der Waals surface area contributed by atoms with Crippen LogP contribution in [0.3, 0.4) is 0 Å². The van der Waals surface area contributed by atoms with Gasteiger partial charge in [0.25, 0.3) is 5.79 Å². The Morgan fingerprint density at radius 1 is 1.21 bits per heavy atom. The Hall–Kier alpha value is -1.87. The number of halogens is 1. The molecule has 24 heavy (non-hydrogen) atoms. The molecule has 0 saturated carbocycles. The molecule has 1 aromatic rings. The Balaban J connectivity index is 2.30. The van der Waals surface area contributed by atoms with Gasteiger partial charge in [-0.25, -0.2) is 18.0 Å². The van der Waals surface area contributed by atoms with Crippen molar-refractivity contribution in [1.82, 2.24) is 0 Å². The summed E-state index contributed by atoms with van der Waals surface area (Å²) in [6.07, 6.45) is 1.13. The molecular formula is C15H16BrNO6S. The molecule has 0 unspecified atom stereocenters. The number of rotatable bonds is 4. The summed E-state index contributed by atoms with van der Waals surface area (Å²) in [7, 11) is -3.38. The standard InChI is InChI=1S/C15H16BrNO6S/c1-4-24(20,21)9-5-6-11(16)12(7-9)17-8-10-13(18)22-15(2,3)23-14(10)19/h5-8,17H,4H2,1-3H3. The second kappa shape index (κ2) is 6.56. The average Bonchev–Trinajstić information content (AvgIpc) is 2.46. The van der Waals surface area contributed by atoms with E-state index in [1.54, 1.807) is 13.0 Å². The molecule has 0 aromatic heterocycles. The maximum Gasteiger partial charge on any atom is 0.350 e. The van der Waals surface area contributed by atoms with Crippen LogP contribution >= 0.6 is 15.9 Å². The Morgan fingerprint density at radius 3 is 2.33 bits per heavy atom. The van der Waals surface area contributed by atoms with E-state index in [-0.39, 0.29) is 16.2 Å². The number of nitrogens with one attached hydrogen (secondary N) is 1. The van der Waals surface area contributed by atoms with Crippen LogP contribution in [0.1, 0.15) is 20.8 Å². The highest BCUT2D eigenvalue weighted by Gasteiger charge is 2.38. The molecule has 1 aliphatic rings. The molecule has 1 fully saturated rings. The Morgan fingerprint density at radius 2 is 1.79 bits per heavy atom. The van der Waals surface area contributed by atoms with E-state index in [2.05, 4.69) is 21.2 Å². The molecule has 0 atom stereocenters. The molecule has 0 spiro atoms. The number of esters is 2. The van der Waals surface area contributed by atoms with Gasteiger partial charge in [0, 0.05) is 24.5 Å². The second-order valence-electron chi connectivity index (χ2n) is 5.43. The highest BCUT2D eigenvalue weighted by molar-refractivity contribution is 9.10. The minimum Gasteiger partial charge on any atom is -0.419 e. The third-order valence-electron chi connectivity index (χ3n) is 3.17. The first kappa shape index (κ1) is 18.5. The van der Waals surface area contributed by atoms with Gasteiger partial charge in [0.15, 0.2) is 15.4 Å². The number of anilines is 1. The highest BCUT2D eigenvalue weighted by atomic mass is 79.9. The molecule has 1 aromatic carbocycles. The average molecular weight is 418 g/mol. The smallest absolute Gasteiger partial charge is 0.350 e. The molecule has 2 rings (SSSR count). The molecule has 0 radical (unpaired) electrons. The molecule has 130 valence electrons. The molecule has 1 saturated heterocycles. The highest BCUT2D eigenvalue weighted by Crippen LogP contribution is 2.27. The van der Waals surface area contributed by atoms with Crippen LogP contribution in [-0.4, -0.2) is 31.9 Å². The fourth-order valence-corrected chi connectivity index (χ4v) is 3.17. The van der Waals surface area contributed by atoms with E-state index in [0.29, 0.717) is 10.2 Å². The fraction of sp³-hybridized carbons (Fsp3) is 0.333. The van der Waals surface area contributed by atoms with Gasteiger partial charge in [0.2, 0.25) is 0 Å². The van der Waals surface area contributed by atoms with E-state index in [9.17, 15) is 18.0 Å². The molecule has 0 aliphatic carbocycles. The third-order valence-corrected chi connectivity index (χ3v) is 5.59. The lowest BCUT2D eigenvalue weighted by Gasteiger charge is -2.29. The summed E-state index contributed by atoms with van der Waals surface area (Å²) < 4.78 is 34.4. The number of cyclic esters (lactones) is 2. The molecule has 1 heterocycles. The third kappa shape index (κ3) is 3.96. The van der Waals surface area contributed by atoms with Crippen LogP contribution in [0, 0.1) is 0 Å². The first-order valence-electron chi connectivity index (χ1n) is 7.01. The van der Waals surface area contributed by atoms with E-state index in [1.807, 2.05) is 0 Å². The maximum absolute atomic E-state index is 11.9. The van der Waals surface area contributed by atoms with Gasteiger partial charge < -0.3 is 14.8 Å². The van der Waals surface area contributed by atoms with Crippen LogP contribution in [0.25, 0.3) is 0 Å². The minimum atomic E-state index is -3.38. The zero-order chi connectivity index (χ0) is 18.1. The minimum absolute atomic E-state index is 0.0388. The lowest BCUT2D eigenvalue weighted by Crippen LogP contribution is -2.42. The largest absolute Gasteiger partial charge is 0.419 e. The summed E-state index contributed by atoms with van der Waals surface area (Å²) in [6, 6.07) is 4.43. The van der Waals surface area contributed by atoms with Gasteiger partial charge in [-0.05, 0) is 34.1 Å². The van der Waals surface area contributed by atoms with Crippen molar-refractivity contribution in [1.29, 1.82) is 0 Å². The van der Waals surface area contributed by atoms with Crippen molar-refractivity contribution in [2.24, 2.45) is 0 Å². The first-order chi connectivity index (χ1) is 11.1. The van der Waals surface area contributed by atoms with Gasteiger partial charge in [-0.3, -0.25) is 0 Å². The van der Waals surface area contributed by atoms with Gasteiger partial charge in [-0.15, -0.1) is 0 Å². The van der Waals surface area contributed by atoms with Crippen molar-refractivity contribution >= 4 is 43.4 Å². The Labute approximate surface area is 148 Å². The van der Waals surface area contributed by atoms with Crippen LogP contribution in [0.15, 0.2) is 39.3 Å².